The van der Waals surface area contributed by atoms with Gasteiger partial charge in [-0.15, -0.1) is 0 Å². The maximum absolute atomic E-state index is 5.69. The van der Waals surface area contributed by atoms with Crippen LogP contribution in [0.25, 0.3) is 0 Å². The highest BCUT2D eigenvalue weighted by molar-refractivity contribution is 5.38. The molecule has 1 aromatic rings. The minimum Gasteiger partial charge on any atom is -0.497 e. The van der Waals surface area contributed by atoms with E-state index in [1.165, 1.54) is 24.0 Å². The summed E-state index contributed by atoms with van der Waals surface area (Å²) in [5.74, 6) is 6.59. The van der Waals surface area contributed by atoms with Gasteiger partial charge in [0.05, 0.1) is 13.2 Å². The van der Waals surface area contributed by atoms with Crippen molar-refractivity contribution in [3.05, 3.63) is 29.3 Å². The second-order valence-electron chi connectivity index (χ2n) is 4.98. The van der Waals surface area contributed by atoms with Crippen LogP contribution < -0.4 is 16.0 Å². The van der Waals surface area contributed by atoms with Crippen LogP contribution in [0.4, 0.5) is 0 Å². The molecule has 0 bridgehead atoms. The standard InChI is InChI=1S/C13H20N2O/c1-9-8-10(16-3)4-5-11(9)12(15-14)13(2)6-7-13/h4-5,8,12,15H,6-7,14H2,1-3H3. The van der Waals surface area contributed by atoms with Crippen molar-refractivity contribution >= 4 is 0 Å². The summed E-state index contributed by atoms with van der Waals surface area (Å²) >= 11 is 0. The number of hydrogen-bond acceptors (Lipinski definition) is 3. The lowest BCUT2D eigenvalue weighted by Crippen LogP contribution is -2.33. The van der Waals surface area contributed by atoms with E-state index in [9.17, 15) is 0 Å². The van der Waals surface area contributed by atoms with E-state index in [1.54, 1.807) is 7.11 Å². The van der Waals surface area contributed by atoms with Crippen LogP contribution in [0.5, 0.6) is 5.75 Å². The average molecular weight is 220 g/mol. The third-order valence-corrected chi connectivity index (χ3v) is 3.69. The van der Waals surface area contributed by atoms with Gasteiger partial charge in [-0.3, -0.25) is 11.3 Å². The Hall–Kier alpha value is -1.06. The molecule has 0 aliphatic heterocycles. The van der Waals surface area contributed by atoms with Crippen LogP contribution in [0.3, 0.4) is 0 Å². The molecule has 1 aliphatic carbocycles. The molecule has 1 aliphatic rings. The first-order chi connectivity index (χ1) is 7.60. The first-order valence-electron chi connectivity index (χ1n) is 5.71. The number of hydrogen-bond donors (Lipinski definition) is 2. The van der Waals surface area contributed by atoms with Crippen LogP contribution in [0.2, 0.25) is 0 Å². The highest BCUT2D eigenvalue weighted by atomic mass is 16.5. The van der Waals surface area contributed by atoms with Crippen molar-refractivity contribution in [1.29, 1.82) is 0 Å². The quantitative estimate of drug-likeness (QED) is 0.604. The predicted octanol–water partition coefficient (Wildman–Crippen LogP) is 2.31. The maximum Gasteiger partial charge on any atom is 0.119 e. The average Bonchev–Trinajstić information content (AvgIpc) is 3.00. The van der Waals surface area contributed by atoms with E-state index in [-0.39, 0.29) is 6.04 Å². The summed E-state index contributed by atoms with van der Waals surface area (Å²) in [6, 6.07) is 6.42. The van der Waals surface area contributed by atoms with Gasteiger partial charge >= 0.3 is 0 Å². The molecule has 0 heterocycles. The number of nitrogens with two attached hydrogens (primary N) is 1. The molecule has 0 spiro atoms. The Bertz CT molecular complexity index is 386. The molecule has 0 saturated heterocycles. The van der Waals surface area contributed by atoms with Crippen LogP contribution >= 0.6 is 0 Å². The van der Waals surface area contributed by atoms with E-state index in [0.29, 0.717) is 5.41 Å². The molecule has 3 N–H and O–H groups in total. The molecule has 16 heavy (non-hydrogen) atoms. The molecule has 1 unspecified atom stereocenters. The SMILES string of the molecule is COc1ccc(C(NN)C2(C)CC2)c(C)c1. The zero-order valence-corrected chi connectivity index (χ0v) is 10.2. The first kappa shape index (κ1) is 11.4. The number of aryl methyl sites for hydroxylation is 1. The highest BCUT2D eigenvalue weighted by Crippen LogP contribution is 2.54. The van der Waals surface area contributed by atoms with Gasteiger partial charge in [-0.25, -0.2) is 0 Å². The smallest absolute Gasteiger partial charge is 0.119 e. The molecule has 1 aromatic carbocycles. The van der Waals surface area contributed by atoms with Gasteiger partial charge in [0, 0.05) is 0 Å². The van der Waals surface area contributed by atoms with Crippen molar-refractivity contribution in [2.24, 2.45) is 11.3 Å². The van der Waals surface area contributed by atoms with Crippen LogP contribution in [0.1, 0.15) is 36.9 Å². The summed E-state index contributed by atoms with van der Waals surface area (Å²) < 4.78 is 5.21. The molecule has 2 rings (SSSR count). The van der Waals surface area contributed by atoms with Crippen molar-refractivity contribution in [1.82, 2.24) is 5.43 Å². The molecule has 0 radical (unpaired) electrons. The van der Waals surface area contributed by atoms with Crippen molar-refractivity contribution in [3.63, 3.8) is 0 Å². The summed E-state index contributed by atoms with van der Waals surface area (Å²) in [7, 11) is 1.69. The molecular weight excluding hydrogens is 200 g/mol. The third-order valence-electron chi connectivity index (χ3n) is 3.69. The van der Waals surface area contributed by atoms with E-state index in [0.717, 1.165) is 5.75 Å². The largest absolute Gasteiger partial charge is 0.497 e. The Balaban J connectivity index is 2.31. The fraction of sp³-hybridized carbons (Fsp3) is 0.538. The summed E-state index contributed by atoms with van der Waals surface area (Å²) in [6.45, 7) is 4.38. The van der Waals surface area contributed by atoms with Crippen molar-refractivity contribution in [2.75, 3.05) is 7.11 Å². The van der Waals surface area contributed by atoms with E-state index < -0.39 is 0 Å². The van der Waals surface area contributed by atoms with Crippen molar-refractivity contribution < 1.29 is 4.74 Å². The van der Waals surface area contributed by atoms with Crippen LogP contribution in [0.15, 0.2) is 18.2 Å². The van der Waals surface area contributed by atoms with Gasteiger partial charge in [0.25, 0.3) is 0 Å². The number of methoxy groups -OCH3 is 1. The predicted molar refractivity (Wildman–Crippen MR) is 65.1 cm³/mol. The lowest BCUT2D eigenvalue weighted by molar-refractivity contribution is 0.369. The summed E-state index contributed by atoms with van der Waals surface area (Å²) in [6.07, 6.45) is 2.49. The number of rotatable bonds is 4. The number of hydrazine groups is 1. The van der Waals surface area contributed by atoms with Gasteiger partial charge in [-0.05, 0) is 48.4 Å². The zero-order chi connectivity index (χ0) is 11.8. The van der Waals surface area contributed by atoms with E-state index in [1.807, 2.05) is 6.07 Å². The Labute approximate surface area is 97.0 Å². The second kappa shape index (κ2) is 4.07. The van der Waals surface area contributed by atoms with Gasteiger partial charge in [0.2, 0.25) is 0 Å². The Morgan fingerprint density at radius 2 is 2.12 bits per heavy atom. The molecule has 0 aromatic heterocycles. The second-order valence-corrected chi connectivity index (χ2v) is 4.98. The summed E-state index contributed by atoms with van der Waals surface area (Å²) in [4.78, 5) is 0. The number of ether oxygens (including phenoxy) is 1. The third kappa shape index (κ3) is 1.93. The lowest BCUT2D eigenvalue weighted by Gasteiger charge is -2.25. The molecule has 1 saturated carbocycles. The van der Waals surface area contributed by atoms with Crippen LogP contribution in [-0.2, 0) is 0 Å². The molecule has 1 fully saturated rings. The Morgan fingerprint density at radius 1 is 1.44 bits per heavy atom. The van der Waals surface area contributed by atoms with Crippen LogP contribution in [0, 0.1) is 12.3 Å². The van der Waals surface area contributed by atoms with Gasteiger partial charge < -0.3 is 4.74 Å². The highest BCUT2D eigenvalue weighted by Gasteiger charge is 2.45. The molecule has 88 valence electrons. The zero-order valence-electron chi connectivity index (χ0n) is 10.2. The number of nitrogens with one attached hydrogen (secondary N) is 1. The van der Waals surface area contributed by atoms with E-state index in [4.69, 9.17) is 10.6 Å². The summed E-state index contributed by atoms with van der Waals surface area (Å²) in [5, 5.41) is 0. The van der Waals surface area contributed by atoms with Crippen molar-refractivity contribution in [2.45, 2.75) is 32.7 Å². The van der Waals surface area contributed by atoms with Gasteiger partial charge in [-0.2, -0.15) is 0 Å². The van der Waals surface area contributed by atoms with E-state index >= 15 is 0 Å². The fourth-order valence-electron chi connectivity index (χ4n) is 2.25. The van der Waals surface area contributed by atoms with Gasteiger partial charge in [0.15, 0.2) is 0 Å². The van der Waals surface area contributed by atoms with Crippen LogP contribution in [-0.4, -0.2) is 7.11 Å². The van der Waals surface area contributed by atoms with Gasteiger partial charge in [0.1, 0.15) is 5.75 Å². The van der Waals surface area contributed by atoms with Gasteiger partial charge in [-0.1, -0.05) is 13.0 Å². The molecule has 0 amide bonds. The van der Waals surface area contributed by atoms with Crippen molar-refractivity contribution in [3.8, 4) is 5.75 Å². The maximum atomic E-state index is 5.69. The molecule has 3 nitrogen and oxygen atoms in total. The Morgan fingerprint density at radius 3 is 2.56 bits per heavy atom. The Kier molecular flexibility index (Phi) is 2.91. The summed E-state index contributed by atoms with van der Waals surface area (Å²) in [5.41, 5.74) is 5.80. The van der Waals surface area contributed by atoms with E-state index in [2.05, 4.69) is 31.4 Å². The minimum atomic E-state index is 0.249. The monoisotopic (exact) mass is 220 g/mol. The topological polar surface area (TPSA) is 47.3 Å². The lowest BCUT2D eigenvalue weighted by atomic mass is 9.89. The fourth-order valence-corrected chi connectivity index (χ4v) is 2.25. The molecule has 3 heteroatoms. The number of benzene rings is 1. The normalized spacial score (nSPS) is 19.2. The first-order valence-corrected chi connectivity index (χ1v) is 5.71. The molecule has 1 atom stereocenters. The minimum absolute atomic E-state index is 0.249. The molecular formula is C13H20N2O.